The molecule has 0 aromatic carbocycles. The average molecular weight is 167 g/mol. The van der Waals surface area contributed by atoms with Crippen LogP contribution in [0, 0.1) is 5.92 Å². The van der Waals surface area contributed by atoms with E-state index in [0.29, 0.717) is 0 Å². The first-order valence-corrected chi connectivity index (χ1v) is 5.55. The zero-order chi connectivity index (χ0) is 8.55. The van der Waals surface area contributed by atoms with Gasteiger partial charge in [-0.15, -0.1) is 0 Å². The van der Waals surface area contributed by atoms with Gasteiger partial charge in [-0.05, 0) is 38.6 Å². The zero-order valence-electron chi connectivity index (χ0n) is 8.42. The second-order valence-corrected chi connectivity index (χ2v) is 4.58. The lowest BCUT2D eigenvalue weighted by Gasteiger charge is -2.30. The first kappa shape index (κ1) is 8.55. The summed E-state index contributed by atoms with van der Waals surface area (Å²) >= 11 is 0. The van der Waals surface area contributed by atoms with E-state index in [-0.39, 0.29) is 0 Å². The van der Waals surface area contributed by atoms with Crippen LogP contribution in [0.2, 0.25) is 0 Å². The van der Waals surface area contributed by atoms with Gasteiger partial charge in [-0.3, -0.25) is 0 Å². The van der Waals surface area contributed by atoms with Crippen LogP contribution in [0.1, 0.15) is 45.4 Å². The van der Waals surface area contributed by atoms with Crippen LogP contribution in [0.4, 0.5) is 0 Å². The van der Waals surface area contributed by atoms with Crippen LogP contribution in [0.3, 0.4) is 0 Å². The summed E-state index contributed by atoms with van der Waals surface area (Å²) in [6, 6.07) is 1.85. The van der Waals surface area contributed by atoms with Crippen LogP contribution < -0.4 is 0 Å². The molecule has 0 amide bonds. The topological polar surface area (TPSA) is 3.24 Å². The molecule has 0 aromatic heterocycles. The molecule has 3 atom stereocenters. The Labute approximate surface area is 76.1 Å². The fourth-order valence-corrected chi connectivity index (χ4v) is 3.24. The molecule has 2 aliphatic rings. The molecule has 12 heavy (non-hydrogen) atoms. The van der Waals surface area contributed by atoms with E-state index >= 15 is 0 Å². The van der Waals surface area contributed by atoms with E-state index in [0.717, 1.165) is 18.0 Å². The molecule has 1 nitrogen and oxygen atoms in total. The van der Waals surface area contributed by atoms with Gasteiger partial charge in [-0.1, -0.05) is 19.8 Å². The Morgan fingerprint density at radius 2 is 2.00 bits per heavy atom. The fourth-order valence-electron chi connectivity index (χ4n) is 3.24. The molecule has 1 heteroatoms. The Balaban J connectivity index is 2.03. The Morgan fingerprint density at radius 3 is 2.67 bits per heavy atom. The first-order chi connectivity index (χ1) is 5.83. The van der Waals surface area contributed by atoms with Crippen molar-refractivity contribution in [2.45, 2.75) is 57.5 Å². The third kappa shape index (κ3) is 1.28. The standard InChI is InChI=1S/C11H21N/c1-3-10-8-9-6-4-5-7-11(9)12(10)2/h9-11H,3-8H2,1-2H3. The molecule has 1 aliphatic carbocycles. The summed E-state index contributed by atoms with van der Waals surface area (Å²) in [4.78, 5) is 2.66. The minimum absolute atomic E-state index is 0.901. The van der Waals surface area contributed by atoms with Gasteiger partial charge in [0.05, 0.1) is 0 Å². The lowest BCUT2D eigenvalue weighted by Crippen LogP contribution is -2.35. The van der Waals surface area contributed by atoms with Crippen molar-refractivity contribution in [2.24, 2.45) is 5.92 Å². The molecule has 2 rings (SSSR count). The maximum Gasteiger partial charge on any atom is 0.0124 e. The first-order valence-electron chi connectivity index (χ1n) is 5.55. The molecule has 70 valence electrons. The Morgan fingerprint density at radius 1 is 1.25 bits per heavy atom. The predicted octanol–water partition coefficient (Wildman–Crippen LogP) is 2.66. The predicted molar refractivity (Wildman–Crippen MR) is 52.2 cm³/mol. The summed E-state index contributed by atoms with van der Waals surface area (Å²) in [7, 11) is 2.34. The van der Waals surface area contributed by atoms with E-state index in [1.54, 1.807) is 0 Å². The molecular formula is C11H21N. The van der Waals surface area contributed by atoms with Gasteiger partial charge >= 0.3 is 0 Å². The summed E-state index contributed by atoms with van der Waals surface area (Å²) < 4.78 is 0. The summed E-state index contributed by atoms with van der Waals surface area (Å²) in [5.74, 6) is 1.05. The van der Waals surface area contributed by atoms with E-state index in [9.17, 15) is 0 Å². The van der Waals surface area contributed by atoms with Gasteiger partial charge in [0.15, 0.2) is 0 Å². The van der Waals surface area contributed by atoms with Gasteiger partial charge in [0.1, 0.15) is 0 Å². The SMILES string of the molecule is CCC1CC2CCCCC2N1C. The van der Waals surface area contributed by atoms with Crippen molar-refractivity contribution in [3.05, 3.63) is 0 Å². The van der Waals surface area contributed by atoms with Crippen molar-refractivity contribution in [3.63, 3.8) is 0 Å². The molecule has 0 aromatic rings. The smallest absolute Gasteiger partial charge is 0.0124 e. The van der Waals surface area contributed by atoms with Crippen LogP contribution in [0.15, 0.2) is 0 Å². The van der Waals surface area contributed by atoms with Gasteiger partial charge in [-0.25, -0.2) is 0 Å². The number of hydrogen-bond donors (Lipinski definition) is 0. The third-order valence-electron chi connectivity index (χ3n) is 4.01. The van der Waals surface area contributed by atoms with Gasteiger partial charge in [-0.2, -0.15) is 0 Å². The van der Waals surface area contributed by atoms with Crippen LogP contribution in [0.25, 0.3) is 0 Å². The van der Waals surface area contributed by atoms with E-state index < -0.39 is 0 Å². The lowest BCUT2D eigenvalue weighted by atomic mass is 9.85. The van der Waals surface area contributed by atoms with Gasteiger partial charge in [0, 0.05) is 12.1 Å². The van der Waals surface area contributed by atoms with E-state index in [1.165, 1.54) is 38.5 Å². The molecule has 1 saturated heterocycles. The van der Waals surface area contributed by atoms with Gasteiger partial charge in [0.2, 0.25) is 0 Å². The summed E-state index contributed by atoms with van der Waals surface area (Å²) in [5.41, 5.74) is 0. The van der Waals surface area contributed by atoms with Gasteiger partial charge < -0.3 is 4.90 Å². The number of nitrogens with zero attached hydrogens (tertiary/aromatic N) is 1. The summed E-state index contributed by atoms with van der Waals surface area (Å²) in [6.45, 7) is 2.33. The van der Waals surface area contributed by atoms with Crippen molar-refractivity contribution < 1.29 is 0 Å². The Hall–Kier alpha value is -0.0400. The highest BCUT2D eigenvalue weighted by Crippen LogP contribution is 2.39. The molecule has 0 bridgehead atoms. The molecule has 0 spiro atoms. The summed E-state index contributed by atoms with van der Waals surface area (Å²) in [5, 5.41) is 0. The minimum Gasteiger partial charge on any atom is -0.300 e. The highest BCUT2D eigenvalue weighted by atomic mass is 15.2. The molecule has 1 saturated carbocycles. The minimum atomic E-state index is 0.901. The summed E-state index contributed by atoms with van der Waals surface area (Å²) in [6.07, 6.45) is 8.78. The molecular weight excluding hydrogens is 146 g/mol. The van der Waals surface area contributed by atoms with Crippen molar-refractivity contribution >= 4 is 0 Å². The monoisotopic (exact) mass is 167 g/mol. The van der Waals surface area contributed by atoms with Crippen molar-refractivity contribution in [3.8, 4) is 0 Å². The lowest BCUT2D eigenvalue weighted by molar-refractivity contribution is 0.184. The highest BCUT2D eigenvalue weighted by Gasteiger charge is 2.38. The van der Waals surface area contributed by atoms with Crippen molar-refractivity contribution in [1.82, 2.24) is 4.90 Å². The average Bonchev–Trinajstić information content (AvgIpc) is 2.44. The van der Waals surface area contributed by atoms with E-state index in [4.69, 9.17) is 0 Å². The maximum absolute atomic E-state index is 2.66. The van der Waals surface area contributed by atoms with E-state index in [1.807, 2.05) is 0 Å². The van der Waals surface area contributed by atoms with Crippen LogP contribution in [-0.4, -0.2) is 24.0 Å². The van der Waals surface area contributed by atoms with Crippen molar-refractivity contribution in [1.29, 1.82) is 0 Å². The number of fused-ring (bicyclic) bond motifs is 1. The molecule has 3 unspecified atom stereocenters. The number of likely N-dealkylation sites (tertiary alicyclic amines) is 1. The Kier molecular flexibility index (Phi) is 2.40. The normalized spacial score (nSPS) is 43.0. The zero-order valence-corrected chi connectivity index (χ0v) is 8.42. The molecule has 2 fully saturated rings. The maximum atomic E-state index is 2.66. The van der Waals surface area contributed by atoms with Crippen LogP contribution >= 0.6 is 0 Å². The second kappa shape index (κ2) is 3.37. The number of rotatable bonds is 1. The van der Waals surface area contributed by atoms with E-state index in [2.05, 4.69) is 18.9 Å². The van der Waals surface area contributed by atoms with Crippen molar-refractivity contribution in [2.75, 3.05) is 7.05 Å². The number of hydrogen-bond acceptors (Lipinski definition) is 1. The molecule has 1 aliphatic heterocycles. The third-order valence-corrected chi connectivity index (χ3v) is 4.01. The van der Waals surface area contributed by atoms with Gasteiger partial charge in [0.25, 0.3) is 0 Å². The largest absolute Gasteiger partial charge is 0.300 e. The Bertz CT molecular complexity index is 153. The quantitative estimate of drug-likeness (QED) is 0.580. The fraction of sp³-hybridized carbons (Fsp3) is 1.00. The van der Waals surface area contributed by atoms with Crippen LogP contribution in [-0.2, 0) is 0 Å². The van der Waals surface area contributed by atoms with Crippen LogP contribution in [0.5, 0.6) is 0 Å². The second-order valence-electron chi connectivity index (χ2n) is 4.58. The molecule has 1 heterocycles. The highest BCUT2D eigenvalue weighted by molar-refractivity contribution is 4.93. The molecule has 0 N–H and O–H groups in total. The molecule has 0 radical (unpaired) electrons.